The van der Waals surface area contributed by atoms with Crippen molar-refractivity contribution in [2.75, 3.05) is 85.6 Å². The molecule has 1 aliphatic heterocycles. The lowest BCUT2D eigenvalue weighted by molar-refractivity contribution is -0.140. The molecule has 0 radical (unpaired) electrons. The first-order chi connectivity index (χ1) is 20.3. The van der Waals surface area contributed by atoms with Gasteiger partial charge >= 0.3 is 19.8 Å². The lowest BCUT2D eigenvalue weighted by Crippen LogP contribution is -2.48. The minimum absolute atomic E-state index is 0.0207. The summed E-state index contributed by atoms with van der Waals surface area (Å²) in [6.45, 7) is 6.35. The fraction of sp³-hybridized carbons (Fsp3) is 0.630. The smallest absolute Gasteiger partial charge is 0.480 e. The van der Waals surface area contributed by atoms with Gasteiger partial charge < -0.3 is 25.0 Å². The number of nitrogens with zero attached hydrogens (tertiary/aromatic N) is 4. The topological polar surface area (TPSA) is 200 Å². The third-order valence-electron chi connectivity index (χ3n) is 7.22. The van der Waals surface area contributed by atoms with Crippen molar-refractivity contribution in [3.63, 3.8) is 0 Å². The maximum Gasteiger partial charge on any atom is 0.524 e. The van der Waals surface area contributed by atoms with Crippen molar-refractivity contribution < 1.29 is 48.3 Å². The molecule has 1 saturated heterocycles. The second-order valence-corrected chi connectivity index (χ2v) is 11.7. The number of phosphoric ester groups is 1. The molecular weight excluding hydrogens is 585 g/mol. The number of phosphoric acid groups is 1. The summed E-state index contributed by atoms with van der Waals surface area (Å²) in [5, 5.41) is 21.3. The van der Waals surface area contributed by atoms with Crippen LogP contribution in [0.25, 0.3) is 0 Å². The number of hydrogen-bond acceptors (Lipinski definition) is 10. The molecule has 2 rings (SSSR count). The highest BCUT2D eigenvalue weighted by molar-refractivity contribution is 7.46. The Kier molecular flexibility index (Phi) is 15.2. The minimum Gasteiger partial charge on any atom is -0.480 e. The van der Waals surface area contributed by atoms with Gasteiger partial charge in [0.25, 0.3) is 0 Å². The second-order valence-electron chi connectivity index (χ2n) is 10.5. The summed E-state index contributed by atoms with van der Waals surface area (Å²) in [5.74, 6) is -3.09. The molecule has 1 heterocycles. The maximum atomic E-state index is 13.3. The highest BCUT2D eigenvalue weighted by Crippen LogP contribution is 2.37. The van der Waals surface area contributed by atoms with Crippen LogP contribution in [0.3, 0.4) is 0 Å². The van der Waals surface area contributed by atoms with Crippen molar-refractivity contribution in [3.8, 4) is 5.75 Å². The van der Waals surface area contributed by atoms with Crippen LogP contribution in [-0.2, 0) is 30.2 Å². The van der Waals surface area contributed by atoms with Crippen molar-refractivity contribution in [1.29, 1.82) is 0 Å². The predicted octanol–water partition coefficient (Wildman–Crippen LogP) is -0.567. The van der Waals surface area contributed by atoms with E-state index in [0.29, 0.717) is 57.9 Å². The number of hydrogen-bond donors (Lipinski definition) is 5. The molecule has 1 fully saturated rings. The van der Waals surface area contributed by atoms with E-state index in [4.69, 9.17) is 9.79 Å². The predicted molar refractivity (Wildman–Crippen MR) is 157 cm³/mol. The highest BCUT2D eigenvalue weighted by atomic mass is 31.2. The zero-order valence-electron chi connectivity index (χ0n) is 24.8. The number of carboxylic acids is 2. The molecule has 1 amide bonds. The summed E-state index contributed by atoms with van der Waals surface area (Å²) >= 11 is 0. The summed E-state index contributed by atoms with van der Waals surface area (Å²) in [4.78, 5) is 74.4. The number of ketones is 1. The Hall–Kier alpha value is -2.91. The van der Waals surface area contributed by atoms with Gasteiger partial charge in [-0.15, -0.1) is 0 Å². The fourth-order valence-corrected chi connectivity index (χ4v) is 5.31. The lowest BCUT2D eigenvalue weighted by atomic mass is 9.93. The van der Waals surface area contributed by atoms with Gasteiger partial charge in [0, 0.05) is 71.7 Å². The third-order valence-corrected chi connectivity index (χ3v) is 7.66. The van der Waals surface area contributed by atoms with Crippen LogP contribution >= 0.6 is 7.82 Å². The van der Waals surface area contributed by atoms with Crippen LogP contribution in [0, 0.1) is 5.92 Å². The summed E-state index contributed by atoms with van der Waals surface area (Å²) in [6.07, 6.45) is 0.196. The summed E-state index contributed by atoms with van der Waals surface area (Å²) < 4.78 is 15.6. The number of Topliss-reactive ketones (excluding diaryl/α,β-unsaturated/α-hetero) is 1. The monoisotopic (exact) mass is 629 g/mol. The molecule has 1 atom stereocenters. The number of carbonyl (C=O) groups is 4. The molecule has 5 N–H and O–H groups in total. The Morgan fingerprint density at radius 3 is 1.65 bits per heavy atom. The van der Waals surface area contributed by atoms with E-state index in [1.807, 2.05) is 11.8 Å². The summed E-state index contributed by atoms with van der Waals surface area (Å²) in [6, 6.07) is 5.93. The number of benzene rings is 1. The molecule has 0 saturated carbocycles. The normalized spacial score (nSPS) is 17.8. The zero-order chi connectivity index (χ0) is 32.0. The van der Waals surface area contributed by atoms with E-state index in [0.717, 1.165) is 6.54 Å². The van der Waals surface area contributed by atoms with E-state index in [1.54, 1.807) is 21.9 Å². The standard InChI is InChI=1S/C27H44N5O10P/c1-3-29-8-10-30(12-13-32(20-26(36)37)15-14-31(11-9-29)19-25(34)35)18-23(33)17-22(27(38)28-2)16-21-4-6-24(7-5-21)42-43(39,40)41/h4-7,22H,3,8-20H2,1-2H3,(H,28,38)(H,34,35)(H,36,37)(H2,39,40,41). The van der Waals surface area contributed by atoms with Crippen molar-refractivity contribution >= 4 is 31.5 Å². The molecule has 0 aromatic heterocycles. The molecule has 1 aromatic rings. The third kappa shape index (κ3) is 14.9. The molecular formula is C27H44N5O10P. The lowest BCUT2D eigenvalue weighted by Gasteiger charge is -2.33. The minimum atomic E-state index is -4.70. The first kappa shape index (κ1) is 36.3. The molecule has 15 nitrogen and oxygen atoms in total. The van der Waals surface area contributed by atoms with E-state index >= 15 is 0 Å². The van der Waals surface area contributed by atoms with Gasteiger partial charge in [0.15, 0.2) is 0 Å². The molecule has 0 spiro atoms. The highest BCUT2D eigenvalue weighted by Gasteiger charge is 2.25. The van der Waals surface area contributed by atoms with E-state index in [2.05, 4.69) is 14.7 Å². The van der Waals surface area contributed by atoms with Crippen LogP contribution in [0.15, 0.2) is 24.3 Å². The van der Waals surface area contributed by atoms with Crippen molar-refractivity contribution in [2.24, 2.45) is 5.92 Å². The fourth-order valence-electron chi connectivity index (χ4n) is 4.91. The first-order valence-electron chi connectivity index (χ1n) is 14.2. The van der Waals surface area contributed by atoms with Gasteiger partial charge in [0.1, 0.15) is 11.5 Å². The average molecular weight is 630 g/mol. The van der Waals surface area contributed by atoms with Crippen molar-refractivity contribution in [1.82, 2.24) is 24.9 Å². The van der Waals surface area contributed by atoms with Crippen molar-refractivity contribution in [3.05, 3.63) is 29.8 Å². The van der Waals surface area contributed by atoms with Crippen LogP contribution < -0.4 is 9.84 Å². The van der Waals surface area contributed by atoms with Crippen LogP contribution in [0.2, 0.25) is 0 Å². The molecule has 1 aliphatic rings. The number of rotatable bonds is 14. The number of aliphatic carboxylic acids is 2. The Bertz CT molecular complexity index is 1120. The molecule has 0 bridgehead atoms. The van der Waals surface area contributed by atoms with E-state index in [1.165, 1.54) is 19.2 Å². The zero-order valence-corrected chi connectivity index (χ0v) is 25.7. The number of amides is 1. The summed E-state index contributed by atoms with van der Waals surface area (Å²) in [7, 11) is -3.21. The van der Waals surface area contributed by atoms with Crippen LogP contribution in [0.4, 0.5) is 0 Å². The first-order valence-corrected chi connectivity index (χ1v) is 15.7. The Balaban J connectivity index is 2.10. The Morgan fingerprint density at radius 2 is 1.26 bits per heavy atom. The average Bonchev–Trinajstić information content (AvgIpc) is 2.92. The molecule has 1 unspecified atom stereocenters. The number of nitrogens with one attached hydrogen (secondary N) is 1. The number of carbonyl (C=O) groups excluding carboxylic acids is 2. The van der Waals surface area contributed by atoms with Crippen LogP contribution in [0.1, 0.15) is 18.9 Å². The Labute approximate surface area is 251 Å². The summed E-state index contributed by atoms with van der Waals surface area (Å²) in [5.41, 5.74) is 0.686. The van der Waals surface area contributed by atoms with Gasteiger partial charge in [-0.25, -0.2) is 4.57 Å². The molecule has 0 aliphatic carbocycles. The second kappa shape index (κ2) is 18.0. The quantitative estimate of drug-likeness (QED) is 0.164. The molecule has 16 heteroatoms. The van der Waals surface area contributed by atoms with Gasteiger partial charge in [-0.2, -0.15) is 0 Å². The van der Waals surface area contributed by atoms with E-state index < -0.39 is 25.7 Å². The molecule has 43 heavy (non-hydrogen) atoms. The van der Waals surface area contributed by atoms with E-state index in [9.17, 15) is 34.0 Å². The number of likely N-dealkylation sites (N-methyl/N-ethyl adjacent to an activating group) is 1. The van der Waals surface area contributed by atoms with Gasteiger partial charge in [-0.3, -0.25) is 43.7 Å². The van der Waals surface area contributed by atoms with Crippen LogP contribution in [0.5, 0.6) is 5.75 Å². The van der Waals surface area contributed by atoms with Gasteiger partial charge in [0.2, 0.25) is 5.91 Å². The van der Waals surface area contributed by atoms with Crippen molar-refractivity contribution in [2.45, 2.75) is 19.8 Å². The Morgan fingerprint density at radius 1 is 0.814 bits per heavy atom. The molecule has 1 aromatic carbocycles. The van der Waals surface area contributed by atoms with Gasteiger partial charge in [-0.1, -0.05) is 19.1 Å². The maximum absolute atomic E-state index is 13.3. The SMILES string of the molecule is CCN1CCN(CC(=O)O)CCN(CC(=O)O)CCN(CC(=O)CC(Cc2ccc(OP(=O)(O)O)cc2)C(=O)NC)CC1. The van der Waals surface area contributed by atoms with E-state index in [-0.39, 0.29) is 49.9 Å². The van der Waals surface area contributed by atoms with Crippen LogP contribution in [-0.4, -0.2) is 149 Å². The molecule has 242 valence electrons. The largest absolute Gasteiger partial charge is 0.524 e. The van der Waals surface area contributed by atoms with Gasteiger partial charge in [-0.05, 0) is 30.7 Å². The number of carboxylic acid groups (broad SMARTS) is 2. The van der Waals surface area contributed by atoms with Gasteiger partial charge in [0.05, 0.1) is 19.6 Å².